The molecule has 214 valence electrons. The summed E-state index contributed by atoms with van der Waals surface area (Å²) in [5.41, 5.74) is 1.53. The van der Waals surface area contributed by atoms with Crippen LogP contribution in [0.1, 0.15) is 38.3 Å². The molecule has 1 N–H and O–H groups in total. The lowest BCUT2D eigenvalue weighted by Crippen LogP contribution is -2.52. The maximum absolute atomic E-state index is 14.0. The Balaban J connectivity index is 2.07. The molecule has 2 atom stereocenters. The van der Waals surface area contributed by atoms with Crippen LogP contribution in [0.3, 0.4) is 0 Å². The second kappa shape index (κ2) is 13.7. The van der Waals surface area contributed by atoms with E-state index in [1.54, 1.807) is 55.5 Å². The van der Waals surface area contributed by atoms with Gasteiger partial charge in [-0.15, -0.1) is 0 Å². The molecule has 0 bridgehead atoms. The van der Waals surface area contributed by atoms with Crippen LogP contribution in [0.5, 0.6) is 0 Å². The number of amides is 2. The van der Waals surface area contributed by atoms with E-state index in [0.29, 0.717) is 27.1 Å². The van der Waals surface area contributed by atoms with E-state index in [2.05, 4.69) is 5.32 Å². The second-order valence-corrected chi connectivity index (χ2v) is 12.6. The van der Waals surface area contributed by atoms with Gasteiger partial charge in [0.05, 0.1) is 10.6 Å². The number of benzene rings is 3. The van der Waals surface area contributed by atoms with E-state index in [9.17, 15) is 18.0 Å². The Morgan fingerprint density at radius 2 is 1.52 bits per heavy atom. The number of rotatable bonds is 11. The summed E-state index contributed by atoms with van der Waals surface area (Å²) in [6.45, 7) is 6.51. The van der Waals surface area contributed by atoms with Gasteiger partial charge in [-0.25, -0.2) is 8.42 Å². The number of carbonyl (C=O) groups excluding carboxylic acids is 2. The summed E-state index contributed by atoms with van der Waals surface area (Å²) in [5.74, 6) is -1.01. The van der Waals surface area contributed by atoms with Crippen molar-refractivity contribution < 1.29 is 18.0 Å². The lowest BCUT2D eigenvalue weighted by Gasteiger charge is -2.33. The number of carbonyl (C=O) groups is 2. The van der Waals surface area contributed by atoms with Crippen LogP contribution in [-0.2, 0) is 26.2 Å². The summed E-state index contributed by atoms with van der Waals surface area (Å²) in [5, 5.41) is 3.82. The van der Waals surface area contributed by atoms with Crippen LogP contribution >= 0.6 is 34.8 Å². The largest absolute Gasteiger partial charge is 0.352 e. The molecule has 0 saturated carbocycles. The highest BCUT2D eigenvalue weighted by Gasteiger charge is 2.33. The normalized spacial score (nSPS) is 12.9. The summed E-state index contributed by atoms with van der Waals surface area (Å²) >= 11 is 19.0. The molecule has 3 rings (SSSR count). The molecule has 0 heterocycles. The van der Waals surface area contributed by atoms with Gasteiger partial charge in [-0.1, -0.05) is 71.6 Å². The molecular formula is C29H32Cl3N3O4S. The third kappa shape index (κ3) is 7.69. The van der Waals surface area contributed by atoms with Crippen molar-refractivity contribution in [3.8, 4) is 0 Å². The lowest BCUT2D eigenvalue weighted by atomic mass is 10.1. The highest BCUT2D eigenvalue weighted by atomic mass is 35.5. The smallest absolute Gasteiger partial charge is 0.264 e. The molecule has 0 spiro atoms. The summed E-state index contributed by atoms with van der Waals surface area (Å²) in [4.78, 5) is 28.4. The van der Waals surface area contributed by atoms with Crippen molar-refractivity contribution in [3.63, 3.8) is 0 Å². The van der Waals surface area contributed by atoms with Gasteiger partial charge in [0, 0.05) is 33.2 Å². The van der Waals surface area contributed by atoms with E-state index in [4.69, 9.17) is 34.8 Å². The van der Waals surface area contributed by atoms with Gasteiger partial charge in [-0.05, 0) is 69.7 Å². The average Bonchev–Trinajstić information content (AvgIpc) is 2.91. The molecule has 40 heavy (non-hydrogen) atoms. The summed E-state index contributed by atoms with van der Waals surface area (Å²) in [6.07, 6.45) is 0.695. The van der Waals surface area contributed by atoms with Crippen molar-refractivity contribution in [2.45, 2.75) is 57.6 Å². The predicted octanol–water partition coefficient (Wildman–Crippen LogP) is 6.48. The minimum absolute atomic E-state index is 0.00846. The SMILES string of the molecule is CC[C@H](C)NC(=O)[C@H](C)N(Cc1c(Cl)cccc1Cl)C(=O)CN(c1cccc(Cl)c1)S(=O)(=O)c1ccc(C)cc1. The van der Waals surface area contributed by atoms with Crippen LogP contribution in [0.2, 0.25) is 15.1 Å². The van der Waals surface area contributed by atoms with Crippen LogP contribution in [0.15, 0.2) is 71.6 Å². The highest BCUT2D eigenvalue weighted by molar-refractivity contribution is 7.92. The maximum atomic E-state index is 14.0. The highest BCUT2D eigenvalue weighted by Crippen LogP contribution is 2.29. The zero-order chi connectivity index (χ0) is 29.6. The molecule has 0 aromatic heterocycles. The van der Waals surface area contributed by atoms with E-state index in [1.165, 1.54) is 23.1 Å². The Hall–Kier alpha value is -2.78. The predicted molar refractivity (Wildman–Crippen MR) is 162 cm³/mol. The Bertz CT molecular complexity index is 1450. The van der Waals surface area contributed by atoms with Crippen molar-refractivity contribution in [3.05, 3.63) is 92.9 Å². The first kappa shape index (κ1) is 31.7. The van der Waals surface area contributed by atoms with Gasteiger partial charge in [0.2, 0.25) is 11.8 Å². The number of hydrogen-bond acceptors (Lipinski definition) is 4. The number of aryl methyl sites for hydroxylation is 1. The first-order valence-electron chi connectivity index (χ1n) is 12.7. The zero-order valence-electron chi connectivity index (χ0n) is 22.7. The first-order valence-corrected chi connectivity index (χ1v) is 15.3. The summed E-state index contributed by atoms with van der Waals surface area (Å²) in [6, 6.07) is 16.4. The number of nitrogens with one attached hydrogen (secondary N) is 1. The van der Waals surface area contributed by atoms with Gasteiger partial charge in [0.1, 0.15) is 12.6 Å². The minimum Gasteiger partial charge on any atom is -0.352 e. The van der Waals surface area contributed by atoms with Gasteiger partial charge in [0.15, 0.2) is 0 Å². The van der Waals surface area contributed by atoms with E-state index in [0.717, 1.165) is 9.87 Å². The van der Waals surface area contributed by atoms with Crippen LogP contribution in [-0.4, -0.2) is 43.8 Å². The number of hydrogen-bond donors (Lipinski definition) is 1. The fourth-order valence-electron chi connectivity index (χ4n) is 3.90. The molecule has 0 unspecified atom stereocenters. The molecule has 0 aliphatic heterocycles. The van der Waals surface area contributed by atoms with E-state index >= 15 is 0 Å². The van der Waals surface area contributed by atoms with E-state index < -0.39 is 28.5 Å². The molecule has 0 aliphatic carbocycles. The third-order valence-electron chi connectivity index (χ3n) is 6.54. The van der Waals surface area contributed by atoms with Crippen molar-refractivity contribution in [2.75, 3.05) is 10.8 Å². The molecule has 0 saturated heterocycles. The lowest BCUT2D eigenvalue weighted by molar-refractivity contribution is -0.139. The van der Waals surface area contributed by atoms with Crippen LogP contribution < -0.4 is 9.62 Å². The Kier molecular flexibility index (Phi) is 10.9. The van der Waals surface area contributed by atoms with Crippen molar-refractivity contribution in [2.24, 2.45) is 0 Å². The monoisotopic (exact) mass is 623 g/mol. The number of halogens is 3. The van der Waals surface area contributed by atoms with Gasteiger partial charge in [0.25, 0.3) is 10.0 Å². The van der Waals surface area contributed by atoms with Gasteiger partial charge in [-0.2, -0.15) is 0 Å². The number of anilines is 1. The molecule has 0 fully saturated rings. The topological polar surface area (TPSA) is 86.8 Å². The maximum Gasteiger partial charge on any atom is 0.264 e. The van der Waals surface area contributed by atoms with E-state index in [1.807, 2.05) is 20.8 Å². The van der Waals surface area contributed by atoms with Crippen molar-refractivity contribution in [1.29, 1.82) is 0 Å². The fourth-order valence-corrected chi connectivity index (χ4v) is 6.01. The van der Waals surface area contributed by atoms with Crippen LogP contribution in [0, 0.1) is 6.92 Å². The summed E-state index contributed by atoms with van der Waals surface area (Å²) in [7, 11) is -4.20. The molecule has 11 heteroatoms. The molecule has 0 aliphatic rings. The molecular weight excluding hydrogens is 593 g/mol. The molecule has 3 aromatic carbocycles. The Morgan fingerprint density at radius 1 is 0.925 bits per heavy atom. The molecule has 2 amide bonds. The van der Waals surface area contributed by atoms with Gasteiger partial charge in [-0.3, -0.25) is 13.9 Å². The minimum atomic E-state index is -4.20. The Labute approximate surface area is 251 Å². The summed E-state index contributed by atoms with van der Waals surface area (Å²) < 4.78 is 28.7. The fraction of sp³-hybridized carbons (Fsp3) is 0.310. The van der Waals surface area contributed by atoms with Crippen molar-refractivity contribution in [1.82, 2.24) is 10.2 Å². The standard InChI is InChI=1S/C29H32Cl3N3O4S/c1-5-20(3)33-29(37)21(4)34(17-25-26(31)10-7-11-27(25)32)28(36)18-35(23-9-6-8-22(30)16-23)40(38,39)24-14-12-19(2)13-15-24/h6-16,20-21H,5,17-18H2,1-4H3,(H,33,37)/t20-,21-/m0/s1. The van der Waals surface area contributed by atoms with Crippen LogP contribution in [0.4, 0.5) is 5.69 Å². The number of sulfonamides is 1. The van der Waals surface area contributed by atoms with Gasteiger partial charge < -0.3 is 10.2 Å². The number of nitrogens with zero attached hydrogens (tertiary/aromatic N) is 2. The third-order valence-corrected chi connectivity index (χ3v) is 9.27. The van der Waals surface area contributed by atoms with E-state index in [-0.39, 0.29) is 29.1 Å². The van der Waals surface area contributed by atoms with Crippen LogP contribution in [0.25, 0.3) is 0 Å². The molecule has 3 aromatic rings. The zero-order valence-corrected chi connectivity index (χ0v) is 25.8. The Morgan fingerprint density at radius 3 is 2.10 bits per heavy atom. The quantitative estimate of drug-likeness (QED) is 0.265. The molecule has 0 radical (unpaired) electrons. The van der Waals surface area contributed by atoms with Crippen molar-refractivity contribution >= 4 is 62.3 Å². The van der Waals surface area contributed by atoms with Gasteiger partial charge >= 0.3 is 0 Å². The second-order valence-electron chi connectivity index (χ2n) is 9.52. The first-order chi connectivity index (χ1) is 18.8. The molecule has 7 nitrogen and oxygen atoms in total. The average molecular weight is 625 g/mol.